The van der Waals surface area contributed by atoms with Crippen LogP contribution in [-0.2, 0) is 0 Å². The molecule has 2 atom stereocenters. The van der Waals surface area contributed by atoms with Gasteiger partial charge in [-0.3, -0.25) is 15.5 Å². The number of nitrogens with zero attached hydrogens (tertiary/aromatic N) is 5. The van der Waals surface area contributed by atoms with Gasteiger partial charge < -0.3 is 5.11 Å². The Morgan fingerprint density at radius 1 is 0.833 bits per heavy atom. The Hall–Kier alpha value is 0.410. The minimum atomic E-state index is -1.36. The number of alkyl halides is 2. The summed E-state index contributed by atoms with van der Waals surface area (Å²) in [4.78, 5) is 2.24. The van der Waals surface area contributed by atoms with Gasteiger partial charge in [-0.15, -0.1) is 16.7 Å². The summed E-state index contributed by atoms with van der Waals surface area (Å²) in [5, 5.41) is 29.6. The lowest BCUT2D eigenvalue weighted by Gasteiger charge is -2.60. The van der Waals surface area contributed by atoms with Crippen molar-refractivity contribution in [1.82, 2.24) is 41.3 Å². The second-order valence-electron chi connectivity index (χ2n) is 9.52. The van der Waals surface area contributed by atoms with Crippen LogP contribution in [0, 0.1) is 0 Å². The predicted molar refractivity (Wildman–Crippen MR) is 158 cm³/mol. The van der Waals surface area contributed by atoms with Crippen molar-refractivity contribution >= 4 is 27.5 Å². The molecule has 36 heavy (non-hydrogen) atoms. The minimum absolute atomic E-state index is 0.562. The van der Waals surface area contributed by atoms with Gasteiger partial charge in [-0.2, -0.15) is 10.2 Å². The lowest BCUT2D eigenvalue weighted by molar-refractivity contribution is -0.380. The largest absolute Gasteiger partial charge is 0.360 e. The van der Waals surface area contributed by atoms with E-state index in [9.17, 15) is 5.11 Å². The Kier molecular flexibility index (Phi) is 20.6. The molecule has 0 radical (unpaired) electrons. The van der Waals surface area contributed by atoms with Gasteiger partial charge in [-0.1, -0.05) is 56.5 Å². The van der Waals surface area contributed by atoms with Gasteiger partial charge in [0.25, 0.3) is 0 Å². The normalized spacial score (nSPS) is 16.0. The van der Waals surface area contributed by atoms with Crippen molar-refractivity contribution in [1.29, 1.82) is 0 Å². The summed E-state index contributed by atoms with van der Waals surface area (Å²) < 4.78 is 0. The summed E-state index contributed by atoms with van der Waals surface area (Å²) in [6, 6.07) is 0. The van der Waals surface area contributed by atoms with Crippen molar-refractivity contribution in [3.63, 3.8) is 0 Å². The second-order valence-corrected chi connectivity index (χ2v) is 10.7. The van der Waals surface area contributed by atoms with E-state index in [-0.39, 0.29) is 0 Å². The molecule has 0 rings (SSSR count). The summed E-state index contributed by atoms with van der Waals surface area (Å²) in [6.07, 6.45) is 7.05. The molecule has 0 bridgehead atoms. The first kappa shape index (κ1) is 36.4. The highest BCUT2D eigenvalue weighted by Gasteiger charge is 2.57. The molecule has 2 unspecified atom stereocenters. The number of rotatable bonds is 24. The summed E-state index contributed by atoms with van der Waals surface area (Å²) >= 11 is 9.73. The molecule has 0 aromatic heterocycles. The third-order valence-corrected chi connectivity index (χ3v) is 7.28. The fraction of sp³-hybridized carbons (Fsp3) is 1.00. The fourth-order valence-corrected chi connectivity index (χ4v) is 5.08. The van der Waals surface area contributed by atoms with Crippen molar-refractivity contribution in [3.05, 3.63) is 0 Å². The Balaban J connectivity index is 6.99. The number of hydrogen-bond acceptors (Lipinski definition) is 9. The maximum Gasteiger partial charge on any atom is 0.210 e. The third kappa shape index (κ3) is 10.5. The summed E-state index contributed by atoms with van der Waals surface area (Å²) in [7, 11) is 6.04. The van der Waals surface area contributed by atoms with Gasteiger partial charge in [-0.05, 0) is 52.1 Å². The highest BCUT2D eigenvalue weighted by Crippen LogP contribution is 2.32. The monoisotopic (exact) mass is 600 g/mol. The molecule has 0 aliphatic heterocycles. The molecule has 0 heterocycles. The van der Waals surface area contributed by atoms with Crippen LogP contribution >= 0.6 is 27.5 Å². The molecular weight excluding hydrogens is 544 g/mol. The van der Waals surface area contributed by atoms with Gasteiger partial charge in [0.05, 0.1) is 0 Å². The number of aliphatic hydroxyl groups is 1. The highest BCUT2D eigenvalue weighted by atomic mass is 79.9. The van der Waals surface area contributed by atoms with Crippen molar-refractivity contribution in [2.45, 2.75) is 91.1 Å². The van der Waals surface area contributed by atoms with Crippen molar-refractivity contribution in [2.75, 3.05) is 71.6 Å². The van der Waals surface area contributed by atoms with Gasteiger partial charge >= 0.3 is 0 Å². The van der Waals surface area contributed by atoms with Crippen LogP contribution in [0.25, 0.3) is 0 Å². The zero-order valence-electron chi connectivity index (χ0n) is 24.5. The molecular formula is C25H58BrClN8O. The molecule has 9 nitrogen and oxygen atoms in total. The maximum absolute atomic E-state index is 12.8. The zero-order chi connectivity index (χ0) is 27.6. The molecule has 0 spiro atoms. The van der Waals surface area contributed by atoms with E-state index in [4.69, 9.17) is 11.6 Å². The number of halogens is 2. The summed E-state index contributed by atoms with van der Waals surface area (Å²) in [6.45, 7) is 15.1. The van der Waals surface area contributed by atoms with Crippen molar-refractivity contribution in [3.8, 4) is 0 Å². The molecule has 11 heteroatoms. The Morgan fingerprint density at radius 2 is 1.42 bits per heavy atom. The quantitative estimate of drug-likeness (QED) is 0.0575. The first-order chi connectivity index (χ1) is 17.2. The minimum Gasteiger partial charge on any atom is -0.360 e. The van der Waals surface area contributed by atoms with E-state index < -0.39 is 11.5 Å². The number of hydrazine groups is 4. The van der Waals surface area contributed by atoms with Crippen LogP contribution in [0.5, 0.6) is 0 Å². The van der Waals surface area contributed by atoms with Crippen molar-refractivity contribution < 1.29 is 5.11 Å². The lowest BCUT2D eigenvalue weighted by atomic mass is 10.0. The van der Waals surface area contributed by atoms with Crippen LogP contribution in [0.15, 0.2) is 0 Å². The van der Waals surface area contributed by atoms with Crippen LogP contribution in [-0.4, -0.2) is 114 Å². The Morgan fingerprint density at radius 3 is 1.83 bits per heavy atom. The van der Waals surface area contributed by atoms with E-state index in [2.05, 4.69) is 106 Å². The number of nitrogens with one attached hydrogen (secondary N) is 3. The first-order valence-corrected chi connectivity index (χ1v) is 15.6. The molecule has 0 aromatic carbocycles. The second kappa shape index (κ2) is 20.3. The average Bonchev–Trinajstić information content (AvgIpc) is 2.85. The smallest absolute Gasteiger partial charge is 0.210 e. The number of hydrogen-bond donors (Lipinski definition) is 4. The van der Waals surface area contributed by atoms with Gasteiger partial charge in [0.2, 0.25) is 5.85 Å². The molecule has 0 aliphatic carbocycles. The highest BCUT2D eigenvalue weighted by molar-refractivity contribution is 9.09. The van der Waals surface area contributed by atoms with Gasteiger partial charge in [-0.25, -0.2) is 10.4 Å². The third-order valence-electron chi connectivity index (χ3n) is 6.46. The average molecular weight is 602 g/mol. The van der Waals surface area contributed by atoms with E-state index in [0.717, 1.165) is 69.9 Å². The topological polar surface area (TPSA) is 72.5 Å². The molecule has 0 amide bonds. The van der Waals surface area contributed by atoms with Crippen LogP contribution in [0.1, 0.15) is 79.6 Å². The van der Waals surface area contributed by atoms with Gasteiger partial charge in [0.1, 0.15) is 0 Å². The Labute approximate surface area is 236 Å². The van der Waals surface area contributed by atoms with E-state index in [1.165, 1.54) is 0 Å². The van der Waals surface area contributed by atoms with Crippen molar-refractivity contribution in [2.24, 2.45) is 0 Å². The molecule has 0 fully saturated rings. The predicted octanol–water partition coefficient (Wildman–Crippen LogP) is 3.62. The number of unbranched alkanes of at least 4 members (excludes halogenated alkanes) is 3. The number of likely N-dealkylation sites (N-methyl/N-ethyl adjacent to an activating group) is 2. The van der Waals surface area contributed by atoms with E-state index in [1.807, 2.05) is 7.05 Å². The zero-order valence-corrected chi connectivity index (χ0v) is 26.9. The van der Waals surface area contributed by atoms with Gasteiger partial charge in [0, 0.05) is 58.5 Å². The molecule has 0 saturated carbocycles. The molecule has 218 valence electrons. The molecule has 0 aromatic rings. The van der Waals surface area contributed by atoms with E-state index in [1.54, 1.807) is 0 Å². The van der Waals surface area contributed by atoms with Crippen LogP contribution in [0.4, 0.5) is 0 Å². The molecule has 0 saturated heterocycles. The molecule has 4 N–H and O–H groups in total. The van der Waals surface area contributed by atoms with Crippen LogP contribution in [0.2, 0.25) is 0 Å². The SMILES string of the molecule is CCCCN(CCCC)C(O)(NCC)C(C)(NCC)N(N(CCCCl)NC)N(CCCCBr)N(C)C. The Bertz CT molecular complexity index is 530. The summed E-state index contributed by atoms with van der Waals surface area (Å²) in [5.74, 6) is -0.798. The van der Waals surface area contributed by atoms with E-state index in [0.29, 0.717) is 25.5 Å². The molecule has 0 aliphatic rings. The van der Waals surface area contributed by atoms with Crippen LogP contribution < -0.4 is 16.1 Å². The van der Waals surface area contributed by atoms with Gasteiger partial charge in [0.15, 0.2) is 5.66 Å². The van der Waals surface area contributed by atoms with Crippen LogP contribution in [0.3, 0.4) is 0 Å². The lowest BCUT2D eigenvalue weighted by Crippen LogP contribution is -2.86. The maximum atomic E-state index is 12.8. The standard InChI is InChI=1S/C25H58BrClN8O/c1-9-13-20-32(21-14-10-2)25(36,30-12-4)24(5,29-11-3)35(33(28-6)22-17-19-27)34(31(7)8)23-16-15-18-26/h28-30,36H,9-23H2,1-8H3. The first-order valence-electron chi connectivity index (χ1n) is 14.0. The summed E-state index contributed by atoms with van der Waals surface area (Å²) in [5.41, 5.74) is 2.45. The van der Waals surface area contributed by atoms with E-state index >= 15 is 0 Å². The fourth-order valence-electron chi connectivity index (χ4n) is 4.57.